The number of amides is 2. The molecule has 1 aromatic carbocycles. The van der Waals surface area contributed by atoms with Crippen molar-refractivity contribution in [3.05, 3.63) is 65.5 Å². The van der Waals surface area contributed by atoms with Gasteiger partial charge in [-0.05, 0) is 41.4 Å². The van der Waals surface area contributed by atoms with Crippen LogP contribution >= 0.6 is 12.2 Å². The van der Waals surface area contributed by atoms with E-state index in [0.29, 0.717) is 5.69 Å². The maximum absolute atomic E-state index is 12.2. The molecule has 2 aromatic heterocycles. The molecule has 1 fully saturated rings. The molecule has 0 radical (unpaired) electrons. The summed E-state index contributed by atoms with van der Waals surface area (Å²) in [4.78, 5) is 29.1. The second kappa shape index (κ2) is 6.93. The molecule has 6 nitrogen and oxygen atoms in total. The predicted octanol–water partition coefficient (Wildman–Crippen LogP) is 3.21. The van der Waals surface area contributed by atoms with Gasteiger partial charge in [0.2, 0.25) is 0 Å². The van der Waals surface area contributed by atoms with Crippen LogP contribution in [0.2, 0.25) is 0 Å². The first-order valence-electron chi connectivity index (χ1n) is 9.20. The number of benzene rings is 1. The van der Waals surface area contributed by atoms with Gasteiger partial charge in [-0.2, -0.15) is 0 Å². The SMILES string of the molecule is CC(C)(C)c1ccc(-c2nc(C=C3C(=O)NC(=S)NC3=O)c3ccccn23)cc1. The number of nitrogens with one attached hydrogen (secondary N) is 2. The van der Waals surface area contributed by atoms with Gasteiger partial charge in [0.25, 0.3) is 11.8 Å². The fraction of sp³-hybridized carbons (Fsp3) is 0.182. The second-order valence-corrected chi connectivity index (χ2v) is 8.31. The molecule has 29 heavy (non-hydrogen) atoms. The van der Waals surface area contributed by atoms with Crippen LogP contribution in [0.4, 0.5) is 0 Å². The van der Waals surface area contributed by atoms with Gasteiger partial charge >= 0.3 is 0 Å². The van der Waals surface area contributed by atoms with Gasteiger partial charge in [-0.25, -0.2) is 4.98 Å². The van der Waals surface area contributed by atoms with Crippen molar-refractivity contribution >= 4 is 40.7 Å². The molecular weight excluding hydrogens is 384 g/mol. The largest absolute Gasteiger partial charge is 0.299 e. The lowest BCUT2D eigenvalue weighted by molar-refractivity contribution is -0.123. The van der Waals surface area contributed by atoms with Crippen LogP contribution in [-0.4, -0.2) is 26.3 Å². The Balaban J connectivity index is 1.82. The number of carbonyl (C=O) groups excluding carboxylic acids is 2. The second-order valence-electron chi connectivity index (χ2n) is 7.90. The molecule has 1 aliphatic rings. The Morgan fingerprint density at radius 2 is 1.66 bits per heavy atom. The topological polar surface area (TPSA) is 75.5 Å². The van der Waals surface area contributed by atoms with Gasteiger partial charge in [0.15, 0.2) is 5.11 Å². The van der Waals surface area contributed by atoms with Crippen LogP contribution in [0.5, 0.6) is 0 Å². The van der Waals surface area contributed by atoms with E-state index in [1.54, 1.807) is 0 Å². The van der Waals surface area contributed by atoms with Crippen LogP contribution in [0.25, 0.3) is 23.0 Å². The fourth-order valence-corrected chi connectivity index (χ4v) is 3.42. The summed E-state index contributed by atoms with van der Waals surface area (Å²) in [5.41, 5.74) is 3.54. The first-order chi connectivity index (χ1) is 13.7. The van der Waals surface area contributed by atoms with Gasteiger partial charge < -0.3 is 0 Å². The first kappa shape index (κ1) is 19.0. The van der Waals surface area contributed by atoms with Crippen LogP contribution in [0.15, 0.2) is 54.2 Å². The lowest BCUT2D eigenvalue weighted by Gasteiger charge is -2.19. The van der Waals surface area contributed by atoms with E-state index in [0.717, 1.165) is 16.9 Å². The summed E-state index contributed by atoms with van der Waals surface area (Å²) < 4.78 is 1.95. The predicted molar refractivity (Wildman–Crippen MR) is 116 cm³/mol. The van der Waals surface area contributed by atoms with Crippen LogP contribution < -0.4 is 10.6 Å². The number of carbonyl (C=O) groups is 2. The van der Waals surface area contributed by atoms with Gasteiger partial charge in [-0.15, -0.1) is 0 Å². The normalized spacial score (nSPS) is 14.7. The average Bonchev–Trinajstić information content (AvgIpc) is 3.03. The van der Waals surface area contributed by atoms with Crippen LogP contribution in [-0.2, 0) is 15.0 Å². The number of thiocarbonyl (C=S) groups is 1. The molecule has 0 unspecified atom stereocenters. The van der Waals surface area contributed by atoms with Crippen molar-refractivity contribution in [2.45, 2.75) is 26.2 Å². The van der Waals surface area contributed by atoms with Crippen molar-refractivity contribution in [2.24, 2.45) is 0 Å². The number of pyridine rings is 1. The van der Waals surface area contributed by atoms with E-state index in [9.17, 15) is 9.59 Å². The average molecular weight is 404 g/mol. The van der Waals surface area contributed by atoms with E-state index in [-0.39, 0.29) is 16.1 Å². The highest BCUT2D eigenvalue weighted by Crippen LogP contribution is 2.28. The minimum atomic E-state index is -0.535. The summed E-state index contributed by atoms with van der Waals surface area (Å²) in [7, 11) is 0. The van der Waals surface area contributed by atoms with E-state index in [2.05, 4.69) is 43.5 Å². The first-order valence-corrected chi connectivity index (χ1v) is 9.61. The van der Waals surface area contributed by atoms with Crippen molar-refractivity contribution in [3.63, 3.8) is 0 Å². The van der Waals surface area contributed by atoms with E-state index < -0.39 is 11.8 Å². The highest BCUT2D eigenvalue weighted by molar-refractivity contribution is 7.80. The highest BCUT2D eigenvalue weighted by atomic mass is 32.1. The molecule has 2 N–H and O–H groups in total. The molecule has 2 amide bonds. The minimum Gasteiger partial charge on any atom is -0.299 e. The number of rotatable bonds is 2. The molecule has 1 saturated heterocycles. The molecule has 0 spiro atoms. The third-order valence-corrected chi connectivity index (χ3v) is 5.01. The zero-order valence-corrected chi connectivity index (χ0v) is 17.1. The Labute approximate surface area is 173 Å². The van der Waals surface area contributed by atoms with Gasteiger partial charge in [-0.1, -0.05) is 51.1 Å². The number of fused-ring (bicyclic) bond motifs is 1. The molecule has 0 saturated carbocycles. The van der Waals surface area contributed by atoms with Crippen molar-refractivity contribution in [1.29, 1.82) is 0 Å². The van der Waals surface area contributed by atoms with E-state index in [4.69, 9.17) is 17.2 Å². The summed E-state index contributed by atoms with van der Waals surface area (Å²) in [5, 5.41) is 4.90. The molecule has 146 valence electrons. The Morgan fingerprint density at radius 3 is 2.28 bits per heavy atom. The van der Waals surface area contributed by atoms with Crippen LogP contribution in [0.3, 0.4) is 0 Å². The zero-order valence-electron chi connectivity index (χ0n) is 16.3. The number of imidazole rings is 1. The molecule has 7 heteroatoms. The molecule has 0 aliphatic carbocycles. The number of hydrogen-bond acceptors (Lipinski definition) is 4. The lowest BCUT2D eigenvalue weighted by Crippen LogP contribution is -2.51. The number of nitrogens with zero attached hydrogens (tertiary/aromatic N) is 2. The Hall–Kier alpha value is -3.32. The zero-order chi connectivity index (χ0) is 20.8. The molecule has 4 rings (SSSR count). The molecular formula is C22H20N4O2S. The van der Waals surface area contributed by atoms with Gasteiger partial charge in [-0.3, -0.25) is 24.6 Å². The smallest absolute Gasteiger partial charge is 0.263 e. The summed E-state index contributed by atoms with van der Waals surface area (Å²) in [6.45, 7) is 6.51. The number of aromatic nitrogens is 2. The highest BCUT2D eigenvalue weighted by Gasteiger charge is 2.26. The summed E-state index contributed by atoms with van der Waals surface area (Å²) in [5.74, 6) is -0.334. The van der Waals surface area contributed by atoms with Crippen LogP contribution in [0, 0.1) is 0 Å². The summed E-state index contributed by atoms with van der Waals surface area (Å²) >= 11 is 4.85. The standard InChI is InChI=1S/C22H20N4O2S/c1-22(2,3)14-9-7-13(8-10-14)18-23-16(17-6-4-5-11-26(17)18)12-15-19(27)24-21(29)25-20(15)28/h4-12H,1-3H3,(H2,24,25,27,28,29). The Morgan fingerprint density at radius 1 is 1.00 bits per heavy atom. The van der Waals surface area contributed by atoms with Gasteiger partial charge in [0.1, 0.15) is 11.4 Å². The molecule has 1 aliphatic heterocycles. The molecule has 3 aromatic rings. The molecule has 0 bridgehead atoms. The van der Waals surface area contributed by atoms with E-state index in [1.807, 2.05) is 40.9 Å². The van der Waals surface area contributed by atoms with E-state index >= 15 is 0 Å². The maximum atomic E-state index is 12.2. The molecule has 0 atom stereocenters. The third kappa shape index (κ3) is 3.56. The molecule has 3 heterocycles. The van der Waals surface area contributed by atoms with Crippen molar-refractivity contribution < 1.29 is 9.59 Å². The number of hydrogen-bond donors (Lipinski definition) is 2. The minimum absolute atomic E-state index is 0.00600. The third-order valence-electron chi connectivity index (χ3n) is 4.81. The van der Waals surface area contributed by atoms with Crippen molar-refractivity contribution in [1.82, 2.24) is 20.0 Å². The van der Waals surface area contributed by atoms with E-state index in [1.165, 1.54) is 11.6 Å². The fourth-order valence-electron chi connectivity index (χ4n) is 3.23. The monoisotopic (exact) mass is 404 g/mol. The summed E-state index contributed by atoms with van der Waals surface area (Å²) in [6, 6.07) is 14.0. The summed E-state index contributed by atoms with van der Waals surface area (Å²) in [6.07, 6.45) is 3.41. The quantitative estimate of drug-likeness (QED) is 0.391. The van der Waals surface area contributed by atoms with Gasteiger partial charge in [0.05, 0.1) is 11.2 Å². The lowest BCUT2D eigenvalue weighted by atomic mass is 9.87. The van der Waals surface area contributed by atoms with Crippen molar-refractivity contribution in [3.8, 4) is 11.4 Å². The Bertz CT molecular complexity index is 1160. The van der Waals surface area contributed by atoms with Crippen LogP contribution in [0.1, 0.15) is 32.0 Å². The van der Waals surface area contributed by atoms with Gasteiger partial charge in [0, 0.05) is 11.8 Å². The maximum Gasteiger partial charge on any atom is 0.263 e. The van der Waals surface area contributed by atoms with Crippen molar-refractivity contribution in [2.75, 3.05) is 0 Å². The Kier molecular flexibility index (Phi) is 4.55.